The number of aryl methyl sites for hydroxylation is 1. The lowest BCUT2D eigenvalue weighted by Gasteiger charge is -2.14. The predicted octanol–water partition coefficient (Wildman–Crippen LogP) is 5.63. The third-order valence-corrected chi connectivity index (χ3v) is 5.99. The minimum atomic E-state index is 0.710. The van der Waals surface area contributed by atoms with Crippen LogP contribution in [0.2, 0.25) is 0 Å². The molecule has 0 spiro atoms. The number of nitrogens with zero attached hydrogens (tertiary/aromatic N) is 3. The zero-order chi connectivity index (χ0) is 17.8. The molecule has 1 unspecified atom stereocenters. The molecular weight excluding hydrogens is 348 g/mol. The number of rotatable bonds is 7. The van der Waals surface area contributed by atoms with Crippen molar-refractivity contribution in [3.05, 3.63) is 30.0 Å². The van der Waals surface area contributed by atoms with Gasteiger partial charge in [0.2, 0.25) is 0 Å². The standard InChI is InChI=1S/C19H24N4S2/c1-5-12(2)10-11-20-17-16(13(3)21-19(23-17)24-4)18-22-14-8-6-7-9-15(14)25-18/h6-9,12H,5,10-11H2,1-4H3,(H,20,21,23). The fourth-order valence-electron chi connectivity index (χ4n) is 2.64. The van der Waals surface area contributed by atoms with Gasteiger partial charge in [0.05, 0.1) is 21.5 Å². The molecular formula is C19H24N4S2. The minimum absolute atomic E-state index is 0.710. The number of nitrogens with one attached hydrogen (secondary N) is 1. The highest BCUT2D eigenvalue weighted by molar-refractivity contribution is 7.98. The normalized spacial score (nSPS) is 12.5. The Labute approximate surface area is 157 Å². The van der Waals surface area contributed by atoms with Crippen LogP contribution in [0.15, 0.2) is 29.4 Å². The largest absolute Gasteiger partial charge is 0.369 e. The van der Waals surface area contributed by atoms with Crippen LogP contribution in [0.25, 0.3) is 20.8 Å². The second-order valence-electron chi connectivity index (χ2n) is 6.23. The van der Waals surface area contributed by atoms with Crippen molar-refractivity contribution >= 4 is 39.1 Å². The molecule has 0 aliphatic rings. The lowest BCUT2D eigenvalue weighted by molar-refractivity contribution is 0.531. The van der Waals surface area contributed by atoms with Gasteiger partial charge in [0.1, 0.15) is 10.8 Å². The van der Waals surface area contributed by atoms with Crippen molar-refractivity contribution in [2.24, 2.45) is 5.92 Å². The molecule has 0 bridgehead atoms. The quantitative estimate of drug-likeness (QED) is 0.430. The third kappa shape index (κ3) is 4.12. The molecule has 0 saturated carbocycles. The van der Waals surface area contributed by atoms with E-state index < -0.39 is 0 Å². The highest BCUT2D eigenvalue weighted by Crippen LogP contribution is 2.36. The van der Waals surface area contributed by atoms with Crippen LogP contribution in [-0.2, 0) is 0 Å². The summed E-state index contributed by atoms with van der Waals surface area (Å²) in [6, 6.07) is 8.24. The molecule has 2 heterocycles. The summed E-state index contributed by atoms with van der Waals surface area (Å²) >= 11 is 3.27. The molecule has 1 atom stereocenters. The van der Waals surface area contributed by atoms with E-state index in [9.17, 15) is 0 Å². The molecule has 0 aliphatic carbocycles. The highest BCUT2D eigenvalue weighted by Gasteiger charge is 2.17. The first-order chi connectivity index (χ1) is 12.1. The predicted molar refractivity (Wildman–Crippen MR) is 110 cm³/mol. The van der Waals surface area contributed by atoms with Gasteiger partial charge in [-0.25, -0.2) is 15.0 Å². The van der Waals surface area contributed by atoms with Crippen molar-refractivity contribution in [1.29, 1.82) is 0 Å². The van der Waals surface area contributed by atoms with Crippen molar-refractivity contribution in [3.63, 3.8) is 0 Å². The van der Waals surface area contributed by atoms with E-state index in [0.29, 0.717) is 5.92 Å². The second-order valence-corrected chi connectivity index (χ2v) is 8.04. The molecule has 0 amide bonds. The number of para-hydroxylation sites is 1. The van der Waals surface area contributed by atoms with E-state index in [1.165, 1.54) is 11.1 Å². The van der Waals surface area contributed by atoms with Crippen molar-refractivity contribution < 1.29 is 0 Å². The minimum Gasteiger partial charge on any atom is -0.369 e. The fourth-order valence-corrected chi connectivity index (χ4v) is 4.12. The summed E-state index contributed by atoms with van der Waals surface area (Å²) in [4.78, 5) is 14.2. The summed E-state index contributed by atoms with van der Waals surface area (Å²) in [6.45, 7) is 7.48. The number of hydrogen-bond acceptors (Lipinski definition) is 6. The van der Waals surface area contributed by atoms with Gasteiger partial charge >= 0.3 is 0 Å². The molecule has 0 fully saturated rings. The van der Waals surface area contributed by atoms with Gasteiger partial charge < -0.3 is 5.32 Å². The molecule has 1 aromatic carbocycles. The molecule has 0 saturated heterocycles. The Morgan fingerprint density at radius 3 is 2.72 bits per heavy atom. The van der Waals surface area contributed by atoms with Crippen molar-refractivity contribution in [3.8, 4) is 10.6 Å². The maximum absolute atomic E-state index is 4.81. The van der Waals surface area contributed by atoms with Crippen LogP contribution in [0, 0.1) is 12.8 Å². The van der Waals surface area contributed by atoms with E-state index in [0.717, 1.165) is 45.7 Å². The molecule has 25 heavy (non-hydrogen) atoms. The smallest absolute Gasteiger partial charge is 0.189 e. The van der Waals surface area contributed by atoms with E-state index in [-0.39, 0.29) is 0 Å². The summed E-state index contributed by atoms with van der Waals surface area (Å²) in [6.07, 6.45) is 4.34. The van der Waals surface area contributed by atoms with Crippen LogP contribution < -0.4 is 5.32 Å². The van der Waals surface area contributed by atoms with Crippen LogP contribution in [0.5, 0.6) is 0 Å². The van der Waals surface area contributed by atoms with Gasteiger partial charge in [-0.1, -0.05) is 44.2 Å². The van der Waals surface area contributed by atoms with Gasteiger partial charge in [-0.2, -0.15) is 0 Å². The van der Waals surface area contributed by atoms with Crippen molar-refractivity contribution in [2.45, 2.75) is 38.8 Å². The number of hydrogen-bond donors (Lipinski definition) is 1. The lowest BCUT2D eigenvalue weighted by atomic mass is 10.1. The van der Waals surface area contributed by atoms with Gasteiger partial charge in [0, 0.05) is 6.54 Å². The van der Waals surface area contributed by atoms with E-state index in [1.54, 1.807) is 23.1 Å². The lowest BCUT2D eigenvalue weighted by Crippen LogP contribution is -2.10. The van der Waals surface area contributed by atoms with Gasteiger partial charge in [0.15, 0.2) is 5.16 Å². The van der Waals surface area contributed by atoms with Gasteiger partial charge in [-0.05, 0) is 37.7 Å². The summed E-state index contributed by atoms with van der Waals surface area (Å²) in [7, 11) is 0. The van der Waals surface area contributed by atoms with E-state index in [1.807, 2.05) is 19.2 Å². The number of fused-ring (bicyclic) bond motifs is 1. The Balaban J connectivity index is 1.98. The van der Waals surface area contributed by atoms with Gasteiger partial charge in [-0.15, -0.1) is 11.3 Å². The molecule has 0 aliphatic heterocycles. The maximum Gasteiger partial charge on any atom is 0.189 e. The number of thiazole rings is 1. The summed E-state index contributed by atoms with van der Waals surface area (Å²) < 4.78 is 1.19. The highest BCUT2D eigenvalue weighted by atomic mass is 32.2. The van der Waals surface area contributed by atoms with E-state index >= 15 is 0 Å². The summed E-state index contributed by atoms with van der Waals surface area (Å²) in [5.74, 6) is 1.61. The fraction of sp³-hybridized carbons (Fsp3) is 0.421. The average Bonchev–Trinajstić information content (AvgIpc) is 3.04. The summed E-state index contributed by atoms with van der Waals surface area (Å²) in [5.41, 5.74) is 3.04. The van der Waals surface area contributed by atoms with Crippen LogP contribution >= 0.6 is 23.1 Å². The number of thioether (sulfide) groups is 1. The third-order valence-electron chi connectivity index (χ3n) is 4.39. The molecule has 2 aromatic heterocycles. The zero-order valence-electron chi connectivity index (χ0n) is 15.2. The Morgan fingerprint density at radius 1 is 1.20 bits per heavy atom. The Bertz CT molecular complexity index is 827. The van der Waals surface area contributed by atoms with Gasteiger partial charge in [-0.3, -0.25) is 0 Å². The Morgan fingerprint density at radius 2 is 2.00 bits per heavy atom. The first-order valence-electron chi connectivity index (χ1n) is 8.64. The summed E-state index contributed by atoms with van der Waals surface area (Å²) in [5, 5.41) is 5.32. The SMILES string of the molecule is CCC(C)CCNc1nc(SC)nc(C)c1-c1nc2ccccc2s1. The monoisotopic (exact) mass is 372 g/mol. The van der Waals surface area contributed by atoms with Crippen LogP contribution in [-0.4, -0.2) is 27.8 Å². The van der Waals surface area contributed by atoms with E-state index in [2.05, 4.69) is 42.3 Å². The number of benzene rings is 1. The molecule has 6 heteroatoms. The molecule has 132 valence electrons. The first kappa shape index (κ1) is 18.1. The first-order valence-corrected chi connectivity index (χ1v) is 10.7. The molecule has 1 N–H and O–H groups in total. The van der Waals surface area contributed by atoms with Crippen molar-refractivity contribution in [1.82, 2.24) is 15.0 Å². The zero-order valence-corrected chi connectivity index (χ0v) is 16.8. The number of aromatic nitrogens is 3. The van der Waals surface area contributed by atoms with Crippen LogP contribution in [0.1, 0.15) is 32.4 Å². The van der Waals surface area contributed by atoms with E-state index in [4.69, 9.17) is 9.97 Å². The molecule has 3 rings (SSSR count). The van der Waals surface area contributed by atoms with Crippen LogP contribution in [0.4, 0.5) is 5.82 Å². The Hall–Kier alpha value is -1.66. The molecule has 4 nitrogen and oxygen atoms in total. The Kier molecular flexibility index (Phi) is 5.91. The van der Waals surface area contributed by atoms with Crippen LogP contribution in [0.3, 0.4) is 0 Å². The van der Waals surface area contributed by atoms with Crippen molar-refractivity contribution in [2.75, 3.05) is 18.1 Å². The van der Waals surface area contributed by atoms with Gasteiger partial charge in [0.25, 0.3) is 0 Å². The second kappa shape index (κ2) is 8.15. The maximum atomic E-state index is 4.81. The topological polar surface area (TPSA) is 50.7 Å². The number of anilines is 1. The molecule has 3 aromatic rings. The molecule has 0 radical (unpaired) electrons. The average molecular weight is 373 g/mol.